The lowest BCUT2D eigenvalue weighted by molar-refractivity contribution is -0.141. The number of rotatable bonds is 3. The van der Waals surface area contributed by atoms with Gasteiger partial charge in [-0.05, 0) is 30.0 Å². The first-order chi connectivity index (χ1) is 8.58. The van der Waals surface area contributed by atoms with Gasteiger partial charge in [-0.1, -0.05) is 35.0 Å². The molecule has 0 aliphatic carbocycles. The third kappa shape index (κ3) is 3.12. The molecular formula is C14H18BrNO2. The van der Waals surface area contributed by atoms with Crippen LogP contribution in [-0.2, 0) is 16.1 Å². The van der Waals surface area contributed by atoms with Crippen LogP contribution >= 0.6 is 15.9 Å². The molecule has 0 N–H and O–H groups in total. The average molecular weight is 312 g/mol. The molecule has 1 aliphatic rings. The predicted octanol–water partition coefficient (Wildman–Crippen LogP) is 2.83. The quantitative estimate of drug-likeness (QED) is 0.859. The van der Waals surface area contributed by atoms with Crippen LogP contribution in [0, 0.1) is 5.92 Å². The first-order valence-electron chi connectivity index (χ1n) is 6.19. The van der Waals surface area contributed by atoms with E-state index in [1.165, 1.54) is 0 Å². The summed E-state index contributed by atoms with van der Waals surface area (Å²) in [4.78, 5) is 14.0. The normalized spacial score (nSPS) is 23.1. The van der Waals surface area contributed by atoms with Gasteiger partial charge in [0, 0.05) is 24.7 Å². The molecule has 1 fully saturated rings. The predicted molar refractivity (Wildman–Crippen MR) is 74.1 cm³/mol. The fourth-order valence-corrected chi connectivity index (χ4v) is 2.66. The van der Waals surface area contributed by atoms with Gasteiger partial charge < -0.3 is 9.64 Å². The molecule has 2 rings (SSSR count). The summed E-state index contributed by atoms with van der Waals surface area (Å²) >= 11 is 3.44. The van der Waals surface area contributed by atoms with Crippen molar-refractivity contribution in [2.24, 2.45) is 5.92 Å². The van der Waals surface area contributed by atoms with Gasteiger partial charge >= 0.3 is 0 Å². The van der Waals surface area contributed by atoms with E-state index >= 15 is 0 Å². The van der Waals surface area contributed by atoms with Gasteiger partial charge in [0.05, 0.1) is 0 Å². The minimum Gasteiger partial charge on any atom is -0.368 e. The fraction of sp³-hybridized carbons (Fsp3) is 0.500. The van der Waals surface area contributed by atoms with E-state index in [0.717, 1.165) is 16.5 Å². The summed E-state index contributed by atoms with van der Waals surface area (Å²) < 4.78 is 6.54. The van der Waals surface area contributed by atoms with Crippen LogP contribution < -0.4 is 0 Å². The second kappa shape index (κ2) is 5.85. The molecule has 0 aromatic heterocycles. The Hall–Kier alpha value is -0.870. The van der Waals surface area contributed by atoms with E-state index in [2.05, 4.69) is 22.9 Å². The molecule has 2 unspecified atom stereocenters. The van der Waals surface area contributed by atoms with Crippen molar-refractivity contribution in [3.63, 3.8) is 0 Å². The third-order valence-corrected chi connectivity index (χ3v) is 3.81. The Morgan fingerprint density at radius 3 is 2.94 bits per heavy atom. The number of halogens is 1. The number of amides is 1. The van der Waals surface area contributed by atoms with E-state index in [0.29, 0.717) is 19.1 Å². The molecule has 0 spiro atoms. The van der Waals surface area contributed by atoms with Crippen molar-refractivity contribution in [3.8, 4) is 0 Å². The van der Waals surface area contributed by atoms with Crippen LogP contribution in [0.1, 0.15) is 18.9 Å². The van der Waals surface area contributed by atoms with Gasteiger partial charge in [0.2, 0.25) is 0 Å². The lowest BCUT2D eigenvalue weighted by Crippen LogP contribution is -2.38. The van der Waals surface area contributed by atoms with Gasteiger partial charge in [0.1, 0.15) is 6.10 Å². The van der Waals surface area contributed by atoms with Crippen molar-refractivity contribution in [1.82, 2.24) is 4.90 Å². The highest BCUT2D eigenvalue weighted by Gasteiger charge is 2.32. The zero-order valence-corrected chi connectivity index (χ0v) is 12.3. The number of carbonyl (C=O) groups excluding carboxylic acids is 1. The summed E-state index contributed by atoms with van der Waals surface area (Å²) in [6.45, 7) is 3.38. The fourth-order valence-electron chi connectivity index (χ4n) is 2.22. The molecule has 4 heteroatoms. The number of benzene rings is 1. The molecule has 0 saturated carbocycles. The summed E-state index contributed by atoms with van der Waals surface area (Å²) in [6, 6.07) is 8.01. The molecular weight excluding hydrogens is 294 g/mol. The van der Waals surface area contributed by atoms with Gasteiger partial charge in [0.25, 0.3) is 5.91 Å². The Kier molecular flexibility index (Phi) is 4.40. The Morgan fingerprint density at radius 2 is 2.33 bits per heavy atom. The maximum Gasteiger partial charge on any atom is 0.252 e. The monoisotopic (exact) mass is 311 g/mol. The molecule has 1 heterocycles. The molecule has 1 aliphatic heterocycles. The van der Waals surface area contributed by atoms with E-state index in [1.807, 2.05) is 31.3 Å². The molecule has 3 nitrogen and oxygen atoms in total. The summed E-state index contributed by atoms with van der Waals surface area (Å²) in [5, 5.41) is 0. The van der Waals surface area contributed by atoms with Crippen LogP contribution in [0.4, 0.5) is 0 Å². The topological polar surface area (TPSA) is 29.5 Å². The number of hydrogen-bond donors (Lipinski definition) is 0. The third-order valence-electron chi connectivity index (χ3n) is 3.32. The van der Waals surface area contributed by atoms with Crippen molar-refractivity contribution in [2.75, 3.05) is 13.7 Å². The smallest absolute Gasteiger partial charge is 0.252 e. The Bertz CT molecular complexity index is 436. The van der Waals surface area contributed by atoms with Crippen LogP contribution in [0.5, 0.6) is 0 Å². The maximum atomic E-state index is 12.2. The number of likely N-dealkylation sites (N-methyl/N-ethyl adjacent to an activating group) is 1. The molecule has 1 amide bonds. The molecule has 98 valence electrons. The zero-order valence-electron chi connectivity index (χ0n) is 10.7. The molecule has 18 heavy (non-hydrogen) atoms. The lowest BCUT2D eigenvalue weighted by atomic mass is 10.0. The number of hydrogen-bond acceptors (Lipinski definition) is 2. The van der Waals surface area contributed by atoms with Gasteiger partial charge in [-0.2, -0.15) is 0 Å². The van der Waals surface area contributed by atoms with E-state index in [9.17, 15) is 4.79 Å². The zero-order chi connectivity index (χ0) is 13.1. The Labute approximate surface area is 116 Å². The van der Waals surface area contributed by atoms with Crippen molar-refractivity contribution in [3.05, 3.63) is 34.3 Å². The molecule has 2 atom stereocenters. The first-order valence-corrected chi connectivity index (χ1v) is 6.98. The first kappa shape index (κ1) is 13.6. The van der Waals surface area contributed by atoms with Crippen LogP contribution in [0.3, 0.4) is 0 Å². The lowest BCUT2D eigenvalue weighted by Gasteiger charge is -2.23. The highest BCUT2D eigenvalue weighted by molar-refractivity contribution is 9.10. The molecule has 0 radical (unpaired) electrons. The maximum absolute atomic E-state index is 12.2. The summed E-state index contributed by atoms with van der Waals surface area (Å²) in [5.74, 6) is 0.405. The van der Waals surface area contributed by atoms with Crippen LogP contribution in [-0.4, -0.2) is 30.6 Å². The minimum atomic E-state index is -0.262. The number of ether oxygens (including phenoxy) is 1. The molecule has 0 bridgehead atoms. The second-order valence-corrected chi connectivity index (χ2v) is 5.80. The van der Waals surface area contributed by atoms with E-state index in [1.54, 1.807) is 4.90 Å². The van der Waals surface area contributed by atoms with Crippen molar-refractivity contribution >= 4 is 21.8 Å². The van der Waals surface area contributed by atoms with E-state index in [4.69, 9.17) is 4.74 Å². The van der Waals surface area contributed by atoms with Crippen LogP contribution in [0.2, 0.25) is 0 Å². The minimum absolute atomic E-state index is 0.0833. The number of nitrogens with zero attached hydrogens (tertiary/aromatic N) is 1. The van der Waals surface area contributed by atoms with Crippen molar-refractivity contribution < 1.29 is 9.53 Å². The largest absolute Gasteiger partial charge is 0.368 e. The highest BCUT2D eigenvalue weighted by Crippen LogP contribution is 2.22. The van der Waals surface area contributed by atoms with Gasteiger partial charge in [-0.25, -0.2) is 0 Å². The molecule has 1 aromatic carbocycles. The van der Waals surface area contributed by atoms with Crippen LogP contribution in [0.25, 0.3) is 0 Å². The highest BCUT2D eigenvalue weighted by atomic mass is 79.9. The Balaban J connectivity index is 1.99. The Morgan fingerprint density at radius 1 is 1.56 bits per heavy atom. The summed E-state index contributed by atoms with van der Waals surface area (Å²) in [6.07, 6.45) is 0.711. The SMILES string of the molecule is CC1CCOC1C(=O)N(C)Cc1cccc(Br)c1. The molecule has 1 aromatic rings. The second-order valence-electron chi connectivity index (χ2n) is 4.88. The van der Waals surface area contributed by atoms with E-state index < -0.39 is 0 Å². The summed E-state index contributed by atoms with van der Waals surface area (Å²) in [5.41, 5.74) is 1.12. The van der Waals surface area contributed by atoms with Crippen molar-refractivity contribution in [2.45, 2.75) is 26.0 Å². The summed E-state index contributed by atoms with van der Waals surface area (Å²) in [7, 11) is 1.83. The average Bonchev–Trinajstić information content (AvgIpc) is 2.74. The van der Waals surface area contributed by atoms with Gasteiger partial charge in [0.15, 0.2) is 0 Å². The number of carbonyl (C=O) groups is 1. The van der Waals surface area contributed by atoms with Crippen molar-refractivity contribution in [1.29, 1.82) is 0 Å². The van der Waals surface area contributed by atoms with Crippen LogP contribution in [0.15, 0.2) is 28.7 Å². The molecule has 1 saturated heterocycles. The van der Waals surface area contributed by atoms with Gasteiger partial charge in [-0.15, -0.1) is 0 Å². The standard InChI is InChI=1S/C14H18BrNO2/c1-10-6-7-18-13(10)14(17)16(2)9-11-4-3-5-12(15)8-11/h3-5,8,10,13H,6-7,9H2,1-2H3. The van der Waals surface area contributed by atoms with E-state index in [-0.39, 0.29) is 12.0 Å². The van der Waals surface area contributed by atoms with Gasteiger partial charge in [-0.3, -0.25) is 4.79 Å².